The molecule has 0 saturated carbocycles. The molecule has 0 radical (unpaired) electrons. The van der Waals surface area contributed by atoms with Gasteiger partial charge in [-0.05, 0) is 19.9 Å². The molecule has 2 aromatic heterocycles. The van der Waals surface area contributed by atoms with Crippen molar-refractivity contribution in [2.24, 2.45) is 5.73 Å². The molecular formula is C22H26N6O3. The number of hydrogen-bond donors (Lipinski definition) is 1. The molecule has 2 atom stereocenters. The monoisotopic (exact) mass is 422 g/mol. The number of aromatic nitrogens is 4. The first kappa shape index (κ1) is 22.1. The highest BCUT2D eigenvalue weighted by atomic mass is 16.5. The predicted molar refractivity (Wildman–Crippen MR) is 119 cm³/mol. The Hall–Kier alpha value is -3.64. The quantitative estimate of drug-likeness (QED) is 0.429. The summed E-state index contributed by atoms with van der Waals surface area (Å²) in [6, 6.07) is 6.01. The maximum atomic E-state index is 13.5. The van der Waals surface area contributed by atoms with Gasteiger partial charge in [0.05, 0.1) is 19.9 Å². The molecule has 2 heterocycles. The van der Waals surface area contributed by atoms with Crippen molar-refractivity contribution in [2.45, 2.75) is 32.5 Å². The van der Waals surface area contributed by atoms with Gasteiger partial charge in [-0.3, -0.25) is 9.36 Å². The van der Waals surface area contributed by atoms with Crippen LogP contribution >= 0.6 is 0 Å². The number of nitrogens with zero attached hydrogens (tertiary/aromatic N) is 5. The van der Waals surface area contributed by atoms with Gasteiger partial charge >= 0.3 is 0 Å². The number of methoxy groups -OCH3 is 1. The fourth-order valence-corrected chi connectivity index (χ4v) is 3.54. The average molecular weight is 422 g/mol. The maximum Gasteiger partial charge on any atom is 0.294 e. The Morgan fingerprint density at radius 3 is 2.74 bits per heavy atom. The van der Waals surface area contributed by atoms with Crippen LogP contribution in [-0.4, -0.2) is 52.4 Å². The van der Waals surface area contributed by atoms with Gasteiger partial charge in [0.25, 0.3) is 5.56 Å². The lowest BCUT2D eigenvalue weighted by Gasteiger charge is -2.21. The van der Waals surface area contributed by atoms with Crippen molar-refractivity contribution >= 4 is 23.3 Å². The highest BCUT2D eigenvalue weighted by molar-refractivity contribution is 5.77. The van der Waals surface area contributed by atoms with Crippen LogP contribution in [0, 0.1) is 11.8 Å². The van der Waals surface area contributed by atoms with E-state index in [-0.39, 0.29) is 12.6 Å². The molecule has 0 aliphatic carbocycles. The lowest BCUT2D eigenvalue weighted by molar-refractivity contribution is -0.109. The number of benzene rings is 1. The van der Waals surface area contributed by atoms with Crippen molar-refractivity contribution in [1.29, 1.82) is 0 Å². The zero-order valence-electron chi connectivity index (χ0n) is 18.1. The van der Waals surface area contributed by atoms with Gasteiger partial charge in [0, 0.05) is 25.2 Å². The predicted octanol–water partition coefficient (Wildman–Crippen LogP) is 1.20. The minimum atomic E-state index is -0.945. The van der Waals surface area contributed by atoms with Crippen LogP contribution in [0.4, 0.5) is 5.95 Å². The van der Waals surface area contributed by atoms with Crippen molar-refractivity contribution in [2.75, 3.05) is 25.6 Å². The number of anilines is 1. The Balaban J connectivity index is 2.23. The first-order valence-corrected chi connectivity index (χ1v) is 9.85. The van der Waals surface area contributed by atoms with Crippen LogP contribution in [0.3, 0.4) is 0 Å². The van der Waals surface area contributed by atoms with Gasteiger partial charge in [-0.1, -0.05) is 24.1 Å². The third-order valence-corrected chi connectivity index (χ3v) is 4.86. The van der Waals surface area contributed by atoms with E-state index >= 15 is 0 Å². The molecule has 31 heavy (non-hydrogen) atoms. The summed E-state index contributed by atoms with van der Waals surface area (Å²) in [5, 5.41) is 4.25. The molecule has 0 fully saturated rings. The fraction of sp³-hybridized carbons (Fsp3) is 0.364. The van der Waals surface area contributed by atoms with Gasteiger partial charge < -0.3 is 20.2 Å². The Bertz CT molecular complexity index is 1200. The number of aldehydes is 1. The number of carbonyl (C=O) groups is 1. The maximum absolute atomic E-state index is 13.5. The van der Waals surface area contributed by atoms with Crippen molar-refractivity contribution in [3.05, 3.63) is 46.4 Å². The molecule has 0 saturated heterocycles. The van der Waals surface area contributed by atoms with Gasteiger partial charge in [0.15, 0.2) is 0 Å². The molecule has 3 aromatic rings. The molecule has 2 N–H and O–H groups in total. The highest BCUT2D eigenvalue weighted by Crippen LogP contribution is 2.26. The van der Waals surface area contributed by atoms with Gasteiger partial charge in [-0.25, -0.2) is 9.67 Å². The summed E-state index contributed by atoms with van der Waals surface area (Å²) in [6.45, 7) is 4.44. The van der Waals surface area contributed by atoms with Crippen LogP contribution in [0.1, 0.15) is 25.5 Å². The molecule has 0 bridgehead atoms. The SMILES string of the molecule is CC#CCn1c(N(C)CC(C)N)nc2cnn(C(C=O)c3ccccc3OC)c(=O)c21. The molecule has 9 heteroatoms. The Labute approximate surface area is 180 Å². The van der Waals surface area contributed by atoms with Gasteiger partial charge in [0.2, 0.25) is 5.95 Å². The lowest BCUT2D eigenvalue weighted by Crippen LogP contribution is -2.34. The topological polar surface area (TPSA) is 108 Å². The van der Waals surface area contributed by atoms with E-state index in [1.165, 1.54) is 13.3 Å². The summed E-state index contributed by atoms with van der Waals surface area (Å²) in [7, 11) is 3.37. The zero-order valence-corrected chi connectivity index (χ0v) is 18.1. The Kier molecular flexibility index (Phi) is 6.72. The molecule has 162 valence electrons. The van der Waals surface area contributed by atoms with E-state index in [0.29, 0.717) is 41.1 Å². The second-order valence-electron chi connectivity index (χ2n) is 7.23. The van der Waals surface area contributed by atoms with Crippen molar-refractivity contribution < 1.29 is 9.53 Å². The van der Waals surface area contributed by atoms with Gasteiger partial charge in [-0.15, -0.1) is 5.92 Å². The first-order chi connectivity index (χ1) is 14.9. The van der Waals surface area contributed by atoms with Crippen LogP contribution in [0.5, 0.6) is 5.75 Å². The average Bonchev–Trinajstić information content (AvgIpc) is 3.13. The van der Waals surface area contributed by atoms with E-state index in [1.54, 1.807) is 35.8 Å². The largest absolute Gasteiger partial charge is 0.496 e. The second kappa shape index (κ2) is 9.45. The number of fused-ring (bicyclic) bond motifs is 1. The van der Waals surface area contributed by atoms with Gasteiger partial charge in [0.1, 0.15) is 29.1 Å². The fourth-order valence-electron chi connectivity index (χ4n) is 3.54. The van der Waals surface area contributed by atoms with E-state index in [9.17, 15) is 9.59 Å². The molecule has 0 aliphatic rings. The van der Waals surface area contributed by atoms with Crippen LogP contribution in [0.2, 0.25) is 0 Å². The Morgan fingerprint density at radius 2 is 2.10 bits per heavy atom. The van der Waals surface area contributed by atoms with E-state index in [2.05, 4.69) is 21.9 Å². The number of rotatable bonds is 8. The lowest BCUT2D eigenvalue weighted by atomic mass is 10.1. The molecule has 0 aliphatic heterocycles. The number of carbonyl (C=O) groups excluding carboxylic acids is 1. The molecule has 9 nitrogen and oxygen atoms in total. The summed E-state index contributed by atoms with van der Waals surface area (Å²) in [4.78, 5) is 32.0. The number of hydrogen-bond acceptors (Lipinski definition) is 7. The molecule has 3 rings (SSSR count). The van der Waals surface area contributed by atoms with Crippen LogP contribution in [-0.2, 0) is 11.3 Å². The van der Waals surface area contributed by atoms with E-state index in [0.717, 1.165) is 4.68 Å². The minimum absolute atomic E-state index is 0.0877. The summed E-state index contributed by atoms with van der Waals surface area (Å²) in [5.41, 5.74) is 6.80. The standard InChI is InChI=1S/C22H26N6O3/c1-5-6-11-27-20-17(25-22(27)26(3)13-15(2)23)12-24-28(21(20)30)18(14-29)16-9-7-8-10-19(16)31-4/h7-10,12,14-15,18H,11,13,23H2,1-4H3. The Morgan fingerprint density at radius 1 is 1.35 bits per heavy atom. The highest BCUT2D eigenvalue weighted by Gasteiger charge is 2.24. The number of ether oxygens (including phenoxy) is 1. The summed E-state index contributed by atoms with van der Waals surface area (Å²) >= 11 is 0. The molecule has 0 amide bonds. The van der Waals surface area contributed by atoms with Crippen LogP contribution in [0.15, 0.2) is 35.3 Å². The molecule has 0 spiro atoms. The first-order valence-electron chi connectivity index (χ1n) is 9.85. The molecular weight excluding hydrogens is 396 g/mol. The minimum Gasteiger partial charge on any atom is -0.496 e. The third kappa shape index (κ3) is 4.29. The number of likely N-dealkylation sites (N-methyl/N-ethyl adjacent to an activating group) is 1. The van der Waals surface area contributed by atoms with Crippen LogP contribution < -0.4 is 20.9 Å². The third-order valence-electron chi connectivity index (χ3n) is 4.86. The normalized spacial score (nSPS) is 12.7. The van der Waals surface area contributed by atoms with Crippen molar-refractivity contribution in [3.63, 3.8) is 0 Å². The summed E-state index contributed by atoms with van der Waals surface area (Å²) in [6.07, 6.45) is 2.16. The van der Waals surface area contributed by atoms with Crippen LogP contribution in [0.25, 0.3) is 11.0 Å². The summed E-state index contributed by atoms with van der Waals surface area (Å²) < 4.78 is 8.26. The summed E-state index contributed by atoms with van der Waals surface area (Å²) in [5.74, 6) is 6.89. The number of imidazole rings is 1. The van der Waals surface area contributed by atoms with Crippen molar-refractivity contribution in [1.82, 2.24) is 19.3 Å². The second-order valence-corrected chi connectivity index (χ2v) is 7.23. The van der Waals surface area contributed by atoms with E-state index in [4.69, 9.17) is 10.5 Å². The van der Waals surface area contributed by atoms with E-state index < -0.39 is 11.6 Å². The van der Waals surface area contributed by atoms with Gasteiger partial charge in [-0.2, -0.15) is 5.10 Å². The molecule has 2 unspecified atom stereocenters. The van der Waals surface area contributed by atoms with Crippen molar-refractivity contribution in [3.8, 4) is 17.6 Å². The smallest absolute Gasteiger partial charge is 0.294 e. The zero-order chi connectivity index (χ0) is 22.5. The number of para-hydroxylation sites is 1. The van der Waals surface area contributed by atoms with E-state index in [1.807, 2.05) is 18.9 Å². The molecule has 1 aromatic carbocycles. The number of nitrogens with two attached hydrogens (primary N) is 1.